The fourth-order valence-electron chi connectivity index (χ4n) is 1.84. The van der Waals surface area contributed by atoms with Crippen LogP contribution in [0.3, 0.4) is 0 Å². The number of hydrogen-bond acceptors (Lipinski definition) is 2. The summed E-state index contributed by atoms with van der Waals surface area (Å²) in [5, 5.41) is 3.24. The first kappa shape index (κ1) is 15.2. The summed E-state index contributed by atoms with van der Waals surface area (Å²) < 4.78 is 0. The average molecular weight is 245 g/mol. The maximum atomic E-state index is 12.1. The molecule has 4 heteroatoms. The fraction of sp³-hybridized carbons (Fsp3) is 0.583. The van der Waals surface area contributed by atoms with Crippen LogP contribution in [-0.2, 0) is 4.79 Å². The molecule has 3 nitrogen and oxygen atoms in total. The van der Waals surface area contributed by atoms with Gasteiger partial charge in [-0.3, -0.25) is 4.79 Å². The lowest BCUT2D eigenvalue weighted by Gasteiger charge is -2.30. The number of piperazine rings is 1. The van der Waals surface area contributed by atoms with E-state index in [-0.39, 0.29) is 24.2 Å². The second kappa shape index (κ2) is 8.36. The van der Waals surface area contributed by atoms with E-state index in [2.05, 4.69) is 18.5 Å². The minimum atomic E-state index is 0. The van der Waals surface area contributed by atoms with Gasteiger partial charge in [-0.05, 0) is 12.8 Å². The highest BCUT2D eigenvalue weighted by molar-refractivity contribution is 5.85. The minimum Gasteiger partial charge on any atom is -0.340 e. The lowest BCUT2D eigenvalue weighted by molar-refractivity contribution is -0.135. The van der Waals surface area contributed by atoms with Gasteiger partial charge in [-0.25, -0.2) is 0 Å². The summed E-state index contributed by atoms with van der Waals surface area (Å²) in [5.74, 6) is 0.286. The molecule has 0 radical (unpaired) electrons. The molecule has 1 N–H and O–H groups in total. The second-order valence-corrected chi connectivity index (χ2v) is 3.82. The zero-order valence-corrected chi connectivity index (χ0v) is 10.5. The molecule has 0 unspecified atom stereocenters. The van der Waals surface area contributed by atoms with Crippen LogP contribution in [0.5, 0.6) is 0 Å². The molecule has 16 heavy (non-hydrogen) atoms. The van der Waals surface area contributed by atoms with E-state index in [1.54, 1.807) is 0 Å². The molecule has 0 bridgehead atoms. The van der Waals surface area contributed by atoms with Crippen molar-refractivity contribution in [2.24, 2.45) is 5.92 Å². The summed E-state index contributed by atoms with van der Waals surface area (Å²) in [4.78, 5) is 14.0. The van der Waals surface area contributed by atoms with Crippen molar-refractivity contribution in [3.8, 4) is 0 Å². The Bertz CT molecular complexity index is 227. The van der Waals surface area contributed by atoms with Gasteiger partial charge in [0.15, 0.2) is 0 Å². The van der Waals surface area contributed by atoms with Crippen molar-refractivity contribution < 1.29 is 4.79 Å². The molecule has 0 aromatic heterocycles. The fourth-order valence-corrected chi connectivity index (χ4v) is 1.84. The lowest BCUT2D eigenvalue weighted by Crippen LogP contribution is -2.48. The largest absolute Gasteiger partial charge is 0.340 e. The van der Waals surface area contributed by atoms with E-state index in [1.165, 1.54) is 0 Å². The van der Waals surface area contributed by atoms with E-state index in [0.29, 0.717) is 0 Å². The SMILES string of the molecule is C=CCC(CC=C)C(=O)N1CCNCC1.Cl. The van der Waals surface area contributed by atoms with E-state index in [0.717, 1.165) is 39.0 Å². The van der Waals surface area contributed by atoms with Crippen LogP contribution in [0.1, 0.15) is 12.8 Å². The molecule has 1 amide bonds. The van der Waals surface area contributed by atoms with Crippen molar-refractivity contribution in [1.82, 2.24) is 10.2 Å². The van der Waals surface area contributed by atoms with Crippen LogP contribution in [-0.4, -0.2) is 37.0 Å². The van der Waals surface area contributed by atoms with Crippen molar-refractivity contribution >= 4 is 18.3 Å². The zero-order valence-electron chi connectivity index (χ0n) is 9.65. The first-order valence-corrected chi connectivity index (χ1v) is 5.51. The van der Waals surface area contributed by atoms with Gasteiger partial charge in [0.25, 0.3) is 0 Å². The Balaban J connectivity index is 0.00000225. The number of hydrogen-bond donors (Lipinski definition) is 1. The summed E-state index contributed by atoms with van der Waals surface area (Å²) in [6, 6.07) is 0. The molecule has 0 atom stereocenters. The maximum absolute atomic E-state index is 12.1. The first-order valence-electron chi connectivity index (χ1n) is 5.51. The normalized spacial score (nSPS) is 15.4. The van der Waals surface area contributed by atoms with Gasteiger partial charge in [-0.1, -0.05) is 12.2 Å². The van der Waals surface area contributed by atoms with Crippen LogP contribution < -0.4 is 5.32 Å². The van der Waals surface area contributed by atoms with Gasteiger partial charge in [0.05, 0.1) is 0 Å². The van der Waals surface area contributed by atoms with Crippen LogP contribution in [0.25, 0.3) is 0 Å². The van der Waals surface area contributed by atoms with Gasteiger partial charge in [0.1, 0.15) is 0 Å². The van der Waals surface area contributed by atoms with Gasteiger partial charge in [-0.2, -0.15) is 0 Å². The van der Waals surface area contributed by atoms with Crippen LogP contribution in [0.4, 0.5) is 0 Å². The van der Waals surface area contributed by atoms with Gasteiger partial charge < -0.3 is 10.2 Å². The Morgan fingerprint density at radius 3 is 2.19 bits per heavy atom. The van der Waals surface area contributed by atoms with Gasteiger partial charge in [-0.15, -0.1) is 25.6 Å². The molecule has 0 aromatic rings. The number of rotatable bonds is 5. The molecule has 1 aliphatic heterocycles. The van der Waals surface area contributed by atoms with Gasteiger partial charge in [0.2, 0.25) is 5.91 Å². The highest BCUT2D eigenvalue weighted by atomic mass is 35.5. The summed E-state index contributed by atoms with van der Waals surface area (Å²) in [7, 11) is 0. The second-order valence-electron chi connectivity index (χ2n) is 3.82. The Morgan fingerprint density at radius 1 is 1.25 bits per heavy atom. The predicted octanol–water partition coefficient (Wildman–Crippen LogP) is 1.61. The van der Waals surface area contributed by atoms with Crippen molar-refractivity contribution in [3.63, 3.8) is 0 Å². The van der Waals surface area contributed by atoms with E-state index in [4.69, 9.17) is 0 Å². The van der Waals surface area contributed by atoms with Gasteiger partial charge in [0, 0.05) is 32.1 Å². The number of carbonyl (C=O) groups excluding carboxylic acids is 1. The van der Waals surface area contributed by atoms with E-state index >= 15 is 0 Å². The molecule has 0 aromatic carbocycles. The van der Waals surface area contributed by atoms with Crippen molar-refractivity contribution in [1.29, 1.82) is 0 Å². The Morgan fingerprint density at radius 2 is 1.75 bits per heavy atom. The third-order valence-corrected chi connectivity index (χ3v) is 2.68. The Kier molecular flexibility index (Phi) is 7.95. The third kappa shape index (κ3) is 4.37. The summed E-state index contributed by atoms with van der Waals surface area (Å²) >= 11 is 0. The van der Waals surface area contributed by atoms with Crippen LogP contribution in [0.15, 0.2) is 25.3 Å². The Hall–Kier alpha value is -0.800. The third-order valence-electron chi connectivity index (χ3n) is 2.68. The van der Waals surface area contributed by atoms with Crippen LogP contribution in [0.2, 0.25) is 0 Å². The molecular formula is C12H21ClN2O. The summed E-state index contributed by atoms with van der Waals surface area (Å²) in [5.41, 5.74) is 0. The Labute approximate surface area is 104 Å². The zero-order chi connectivity index (χ0) is 11.1. The maximum Gasteiger partial charge on any atom is 0.226 e. The minimum absolute atomic E-state index is 0. The van der Waals surface area contributed by atoms with E-state index < -0.39 is 0 Å². The molecular weight excluding hydrogens is 224 g/mol. The number of nitrogens with one attached hydrogen (secondary N) is 1. The molecule has 0 spiro atoms. The molecule has 0 saturated carbocycles. The van der Waals surface area contributed by atoms with Crippen LogP contribution in [0, 0.1) is 5.92 Å². The van der Waals surface area contributed by atoms with Crippen molar-refractivity contribution in [2.75, 3.05) is 26.2 Å². The van der Waals surface area contributed by atoms with Crippen LogP contribution >= 0.6 is 12.4 Å². The van der Waals surface area contributed by atoms with E-state index in [9.17, 15) is 4.79 Å². The van der Waals surface area contributed by atoms with Crippen molar-refractivity contribution in [2.45, 2.75) is 12.8 Å². The number of halogens is 1. The number of nitrogens with zero attached hydrogens (tertiary/aromatic N) is 1. The standard InChI is InChI=1S/C12H20N2O.ClH/c1-3-5-11(6-4-2)12(15)14-9-7-13-8-10-14;/h3-4,11,13H,1-2,5-10H2;1H. The lowest BCUT2D eigenvalue weighted by atomic mass is 9.99. The molecule has 92 valence electrons. The summed E-state index contributed by atoms with van der Waals surface area (Å²) in [6.45, 7) is 10.8. The highest BCUT2D eigenvalue weighted by Gasteiger charge is 2.23. The molecule has 0 aliphatic carbocycles. The number of allylic oxidation sites excluding steroid dienone is 2. The number of carbonyl (C=O) groups is 1. The quantitative estimate of drug-likeness (QED) is 0.746. The highest BCUT2D eigenvalue weighted by Crippen LogP contribution is 2.14. The predicted molar refractivity (Wildman–Crippen MR) is 69.8 cm³/mol. The number of amides is 1. The first-order chi connectivity index (χ1) is 7.29. The monoisotopic (exact) mass is 244 g/mol. The average Bonchev–Trinajstić information content (AvgIpc) is 2.29. The molecule has 1 aliphatic rings. The molecule has 1 saturated heterocycles. The molecule has 1 heterocycles. The topological polar surface area (TPSA) is 32.3 Å². The van der Waals surface area contributed by atoms with E-state index in [1.807, 2.05) is 17.1 Å². The molecule has 1 rings (SSSR count). The summed E-state index contributed by atoms with van der Waals surface area (Å²) in [6.07, 6.45) is 5.12. The molecule has 1 fully saturated rings. The van der Waals surface area contributed by atoms with Gasteiger partial charge >= 0.3 is 0 Å². The van der Waals surface area contributed by atoms with Crippen molar-refractivity contribution in [3.05, 3.63) is 25.3 Å². The smallest absolute Gasteiger partial charge is 0.226 e.